The summed E-state index contributed by atoms with van der Waals surface area (Å²) in [5.74, 6) is -0.726. The van der Waals surface area contributed by atoms with Crippen LogP contribution in [0.5, 0.6) is 0 Å². The van der Waals surface area contributed by atoms with Gasteiger partial charge in [-0.3, -0.25) is 9.35 Å². The molecule has 0 saturated carbocycles. The average molecular weight is 874 g/mol. The maximum absolute atomic E-state index is 13.1. The highest BCUT2D eigenvalue weighted by atomic mass is 32.3. The van der Waals surface area contributed by atoms with E-state index in [0.717, 1.165) is 57.8 Å². The Balaban J connectivity index is 2.64. The van der Waals surface area contributed by atoms with E-state index in [1.165, 1.54) is 89.5 Å². The highest BCUT2D eigenvalue weighted by Gasteiger charge is 2.48. The minimum atomic E-state index is -5.12. The highest BCUT2D eigenvalue weighted by molar-refractivity contribution is 7.80. The minimum absolute atomic E-state index is 0.217. The summed E-state index contributed by atoms with van der Waals surface area (Å²) in [6.45, 7) is 3.15. The number of carbonyl (C=O) groups is 1. The van der Waals surface area contributed by atoms with Crippen molar-refractivity contribution in [3.8, 4) is 0 Å². The molecule has 0 spiro atoms. The molecule has 1 fully saturated rings. The third kappa shape index (κ3) is 28.6. The average Bonchev–Trinajstić information content (AvgIpc) is 3.22. The van der Waals surface area contributed by atoms with Crippen LogP contribution in [0.3, 0.4) is 0 Å². The van der Waals surface area contributed by atoms with E-state index in [1.54, 1.807) is 6.08 Å². The number of nitrogens with one attached hydrogen (secondary N) is 1. The van der Waals surface area contributed by atoms with Gasteiger partial charge in [0, 0.05) is 0 Å². The molecular formula is C46H83NO12S. The molecule has 1 saturated heterocycles. The zero-order chi connectivity index (χ0) is 44.3. The fourth-order valence-electron chi connectivity index (χ4n) is 7.00. The number of allylic oxidation sites excluding steroid dienone is 7. The Kier molecular flexibility index (Phi) is 34.1. The van der Waals surface area contributed by atoms with Crippen LogP contribution in [0.1, 0.15) is 174 Å². The molecule has 0 aliphatic carbocycles. The predicted molar refractivity (Wildman–Crippen MR) is 237 cm³/mol. The molecule has 0 aromatic rings. The number of ether oxygens (including phenoxy) is 2. The summed E-state index contributed by atoms with van der Waals surface area (Å²) < 4.78 is 47.5. The van der Waals surface area contributed by atoms with Gasteiger partial charge in [-0.2, -0.15) is 8.42 Å². The molecule has 1 rings (SSSR count). The van der Waals surface area contributed by atoms with E-state index in [-0.39, 0.29) is 6.42 Å². The lowest BCUT2D eigenvalue weighted by atomic mass is 9.99. The Hall–Kier alpha value is -1.98. The lowest BCUT2D eigenvalue weighted by molar-refractivity contribution is -0.298. The molecule has 8 unspecified atom stereocenters. The van der Waals surface area contributed by atoms with Gasteiger partial charge in [0.05, 0.1) is 25.4 Å². The standard InChI is InChI=1S/C46H83NO12S/c1-3-5-7-9-11-13-15-17-19-20-21-23-24-26-28-30-32-34-39(49)38(37-57-46-43(52)44(59-60(54,55)56)42(51)41(36-48)58-46)47-45(53)40(50)35-33-31-29-27-25-22-18-16-14-12-10-8-6-4-2/h12,14,16,18,24,26,32,34,38-44,46,48-52H,3-11,13,15,17,19-23,25,27-31,33,35-37H2,1-2H3,(H,47,53)(H,54,55,56)/b14-12-,18-16-,26-24+,34-32+. The zero-order valence-corrected chi connectivity index (χ0v) is 37.7. The molecule has 1 aliphatic heterocycles. The first-order valence-electron chi connectivity index (χ1n) is 23.1. The van der Waals surface area contributed by atoms with Crippen LogP contribution in [0.15, 0.2) is 48.6 Å². The molecule has 1 aliphatic rings. The van der Waals surface area contributed by atoms with Crippen molar-refractivity contribution in [3.63, 3.8) is 0 Å². The number of rotatable bonds is 38. The minimum Gasteiger partial charge on any atom is -0.394 e. The first-order chi connectivity index (χ1) is 28.9. The normalized spacial score (nSPS) is 21.8. The maximum Gasteiger partial charge on any atom is 0.397 e. The second kappa shape index (κ2) is 36.5. The molecule has 14 heteroatoms. The maximum atomic E-state index is 13.1. The molecule has 13 nitrogen and oxygen atoms in total. The van der Waals surface area contributed by atoms with Crippen molar-refractivity contribution < 1.29 is 57.0 Å². The van der Waals surface area contributed by atoms with E-state index in [0.29, 0.717) is 12.8 Å². The van der Waals surface area contributed by atoms with Crippen molar-refractivity contribution >= 4 is 16.3 Å². The SMILES string of the molecule is CCCCC/C=C\C=C/CCCCCCCC(O)C(=O)NC(COC1OC(CO)C(O)C(OS(=O)(=O)O)C1O)C(O)/C=C/CC/C=C/CCCCCCCCCCCCC. The van der Waals surface area contributed by atoms with Gasteiger partial charge in [0.2, 0.25) is 5.91 Å². The van der Waals surface area contributed by atoms with Gasteiger partial charge < -0.3 is 40.3 Å². The number of unbranched alkanes of at least 4 members (excludes halogenated alkanes) is 20. The van der Waals surface area contributed by atoms with Gasteiger partial charge in [0.15, 0.2) is 6.29 Å². The van der Waals surface area contributed by atoms with Gasteiger partial charge in [0.25, 0.3) is 0 Å². The summed E-state index contributed by atoms with van der Waals surface area (Å²) in [7, 11) is -5.12. The van der Waals surface area contributed by atoms with E-state index in [4.69, 9.17) is 9.47 Å². The van der Waals surface area contributed by atoms with Crippen LogP contribution in [0.2, 0.25) is 0 Å². The second-order valence-corrected chi connectivity index (χ2v) is 17.2. The van der Waals surface area contributed by atoms with E-state index in [2.05, 4.69) is 59.8 Å². The van der Waals surface area contributed by atoms with Crippen molar-refractivity contribution in [1.82, 2.24) is 5.32 Å². The molecule has 350 valence electrons. The molecule has 7 N–H and O–H groups in total. The summed E-state index contributed by atoms with van der Waals surface area (Å²) in [6.07, 6.45) is 31.9. The van der Waals surface area contributed by atoms with Gasteiger partial charge in [-0.25, -0.2) is 4.18 Å². The molecule has 1 amide bonds. The molecular weight excluding hydrogens is 791 g/mol. The molecule has 0 radical (unpaired) electrons. The van der Waals surface area contributed by atoms with Crippen LogP contribution >= 0.6 is 0 Å². The molecule has 60 heavy (non-hydrogen) atoms. The first-order valence-corrected chi connectivity index (χ1v) is 24.5. The van der Waals surface area contributed by atoms with Gasteiger partial charge in [-0.1, -0.05) is 165 Å². The van der Waals surface area contributed by atoms with Gasteiger partial charge in [-0.05, 0) is 57.8 Å². The Bertz CT molecular complexity index is 1280. The summed E-state index contributed by atoms with van der Waals surface area (Å²) in [5, 5.41) is 55.1. The molecule has 0 aromatic carbocycles. The van der Waals surface area contributed by atoms with Crippen LogP contribution in [0, 0.1) is 0 Å². The van der Waals surface area contributed by atoms with Gasteiger partial charge in [-0.15, -0.1) is 0 Å². The number of carbonyl (C=O) groups excluding carboxylic acids is 1. The fraction of sp³-hybridized carbons (Fsp3) is 0.804. The Morgan fingerprint density at radius 1 is 0.683 bits per heavy atom. The Morgan fingerprint density at radius 2 is 1.17 bits per heavy atom. The van der Waals surface area contributed by atoms with E-state index in [1.807, 2.05) is 0 Å². The fourth-order valence-corrected chi connectivity index (χ4v) is 7.50. The summed E-state index contributed by atoms with van der Waals surface area (Å²) >= 11 is 0. The predicted octanol–water partition coefficient (Wildman–Crippen LogP) is 7.85. The smallest absolute Gasteiger partial charge is 0.394 e. The third-order valence-electron chi connectivity index (χ3n) is 10.7. The lowest BCUT2D eigenvalue weighted by Crippen LogP contribution is -2.61. The summed E-state index contributed by atoms with van der Waals surface area (Å²) in [4.78, 5) is 13.1. The van der Waals surface area contributed by atoms with Crippen LogP contribution in [0.25, 0.3) is 0 Å². The van der Waals surface area contributed by atoms with Crippen LogP contribution < -0.4 is 5.32 Å². The molecule has 0 bridgehead atoms. The van der Waals surface area contributed by atoms with E-state index < -0.39 is 78.5 Å². The van der Waals surface area contributed by atoms with Crippen molar-refractivity contribution in [2.75, 3.05) is 13.2 Å². The summed E-state index contributed by atoms with van der Waals surface area (Å²) in [5.41, 5.74) is 0. The third-order valence-corrected chi connectivity index (χ3v) is 11.2. The second-order valence-electron chi connectivity index (χ2n) is 16.1. The van der Waals surface area contributed by atoms with E-state index in [9.17, 15) is 43.3 Å². The highest BCUT2D eigenvalue weighted by Crippen LogP contribution is 2.26. The van der Waals surface area contributed by atoms with Crippen LogP contribution in [0.4, 0.5) is 0 Å². The quantitative estimate of drug-likeness (QED) is 0.0137. The largest absolute Gasteiger partial charge is 0.397 e. The van der Waals surface area contributed by atoms with Crippen molar-refractivity contribution in [3.05, 3.63) is 48.6 Å². The van der Waals surface area contributed by atoms with Crippen molar-refractivity contribution in [1.29, 1.82) is 0 Å². The Labute approximate surface area is 362 Å². The van der Waals surface area contributed by atoms with Crippen LogP contribution in [-0.4, -0.2) is 107 Å². The van der Waals surface area contributed by atoms with Gasteiger partial charge >= 0.3 is 10.4 Å². The van der Waals surface area contributed by atoms with Crippen molar-refractivity contribution in [2.45, 2.75) is 223 Å². The topological polar surface area (TPSA) is 212 Å². The van der Waals surface area contributed by atoms with E-state index >= 15 is 0 Å². The van der Waals surface area contributed by atoms with Gasteiger partial charge in [0.1, 0.15) is 30.5 Å². The number of aliphatic hydroxyl groups is 5. The zero-order valence-electron chi connectivity index (χ0n) is 36.9. The van der Waals surface area contributed by atoms with Crippen molar-refractivity contribution in [2.24, 2.45) is 0 Å². The lowest BCUT2D eigenvalue weighted by Gasteiger charge is -2.41. The molecule has 1 heterocycles. The first kappa shape index (κ1) is 56.0. The Morgan fingerprint density at radius 3 is 1.73 bits per heavy atom. The number of amides is 1. The number of aliphatic hydroxyl groups excluding tert-OH is 5. The molecule has 8 atom stereocenters. The number of hydrogen-bond donors (Lipinski definition) is 7. The number of hydrogen-bond acceptors (Lipinski definition) is 11. The van der Waals surface area contributed by atoms with Crippen LogP contribution in [-0.2, 0) is 28.9 Å². The monoisotopic (exact) mass is 874 g/mol. The summed E-state index contributed by atoms with van der Waals surface area (Å²) in [6, 6.07) is -1.14. The molecule has 0 aromatic heterocycles.